The van der Waals surface area contributed by atoms with Gasteiger partial charge >= 0.3 is 6.18 Å². The Hall–Kier alpha value is -1.43. The lowest BCUT2D eigenvalue weighted by molar-refractivity contribution is -0.133. The van der Waals surface area contributed by atoms with Crippen LogP contribution in [0.25, 0.3) is 0 Å². The Morgan fingerprint density at radius 3 is 2.38 bits per heavy atom. The maximum atomic E-state index is 11.8. The average Bonchev–Trinajstić information content (AvgIpc) is 2.17. The summed E-state index contributed by atoms with van der Waals surface area (Å²) < 4.78 is 35.4. The third-order valence-electron chi connectivity index (χ3n) is 1.95. The fourth-order valence-corrected chi connectivity index (χ4v) is 1.14. The lowest BCUT2D eigenvalue weighted by atomic mass is 10.2. The zero-order valence-electron chi connectivity index (χ0n) is 8.38. The predicted molar refractivity (Wildman–Crippen MR) is 52.2 cm³/mol. The van der Waals surface area contributed by atoms with Crippen LogP contribution in [0, 0.1) is 0 Å². The van der Waals surface area contributed by atoms with Crippen molar-refractivity contribution in [2.75, 3.05) is 6.54 Å². The number of halogens is 3. The van der Waals surface area contributed by atoms with E-state index >= 15 is 0 Å². The highest BCUT2D eigenvalue weighted by molar-refractivity contribution is 5.40. The summed E-state index contributed by atoms with van der Waals surface area (Å²) in [6.45, 7) is 0.0368. The first-order valence-corrected chi connectivity index (χ1v) is 4.67. The van der Waals surface area contributed by atoms with Crippen LogP contribution in [0.2, 0.25) is 0 Å². The Morgan fingerprint density at radius 2 is 1.81 bits per heavy atom. The highest BCUT2D eigenvalue weighted by Gasteiger charge is 2.25. The van der Waals surface area contributed by atoms with Crippen LogP contribution in [0.1, 0.15) is 12.0 Å². The summed E-state index contributed by atoms with van der Waals surface area (Å²) in [4.78, 5) is 0. The highest BCUT2D eigenvalue weighted by atomic mass is 19.4. The van der Waals surface area contributed by atoms with E-state index in [2.05, 4.69) is 5.32 Å². The van der Waals surface area contributed by atoms with E-state index in [4.69, 9.17) is 10.2 Å². The zero-order chi connectivity index (χ0) is 12.2. The number of hydrogen-bond acceptors (Lipinski definition) is 3. The Balaban J connectivity index is 2.35. The monoisotopic (exact) mass is 235 g/mol. The van der Waals surface area contributed by atoms with Crippen LogP contribution in [0.5, 0.6) is 11.5 Å². The van der Waals surface area contributed by atoms with Crippen molar-refractivity contribution < 1.29 is 23.4 Å². The summed E-state index contributed by atoms with van der Waals surface area (Å²) in [6.07, 6.45) is -5.05. The standard InChI is InChI=1S/C10H12F3NO2/c11-10(12,13)3-4-14-6-7-1-2-8(15)9(16)5-7/h1-2,5,14-16H,3-4,6H2. The molecule has 0 aliphatic heterocycles. The molecule has 0 aromatic heterocycles. The lowest BCUT2D eigenvalue weighted by Gasteiger charge is -2.08. The van der Waals surface area contributed by atoms with Gasteiger partial charge in [0.05, 0.1) is 6.42 Å². The number of benzene rings is 1. The summed E-state index contributed by atoms with van der Waals surface area (Å²) in [7, 11) is 0. The molecule has 0 atom stereocenters. The van der Waals surface area contributed by atoms with Crippen LogP contribution >= 0.6 is 0 Å². The van der Waals surface area contributed by atoms with Crippen LogP contribution in [0.3, 0.4) is 0 Å². The number of hydrogen-bond donors (Lipinski definition) is 3. The molecule has 0 fully saturated rings. The Kier molecular flexibility index (Phi) is 4.00. The third kappa shape index (κ3) is 4.39. The van der Waals surface area contributed by atoms with Crippen molar-refractivity contribution in [2.24, 2.45) is 0 Å². The van der Waals surface area contributed by atoms with Gasteiger partial charge in [-0.25, -0.2) is 0 Å². The molecule has 1 rings (SSSR count). The lowest BCUT2D eigenvalue weighted by Crippen LogP contribution is -2.21. The Morgan fingerprint density at radius 1 is 1.12 bits per heavy atom. The topological polar surface area (TPSA) is 52.5 Å². The number of phenolic OH excluding ortho intramolecular Hbond substituents is 2. The summed E-state index contributed by atoms with van der Waals surface area (Å²) >= 11 is 0. The van der Waals surface area contributed by atoms with Crippen molar-refractivity contribution in [2.45, 2.75) is 19.1 Å². The SMILES string of the molecule is Oc1ccc(CNCCC(F)(F)F)cc1O. The van der Waals surface area contributed by atoms with Gasteiger partial charge < -0.3 is 15.5 Å². The molecule has 6 heteroatoms. The van der Waals surface area contributed by atoms with E-state index < -0.39 is 12.6 Å². The van der Waals surface area contributed by atoms with Gasteiger partial charge in [-0.2, -0.15) is 13.2 Å². The number of phenols is 2. The molecule has 1 aromatic carbocycles. The molecule has 3 N–H and O–H groups in total. The van der Waals surface area contributed by atoms with Crippen molar-refractivity contribution in [1.29, 1.82) is 0 Å². The molecule has 0 amide bonds. The first-order chi connectivity index (χ1) is 7.38. The molecular formula is C10H12F3NO2. The molecular weight excluding hydrogens is 223 g/mol. The number of alkyl halides is 3. The minimum Gasteiger partial charge on any atom is -0.504 e. The minimum atomic E-state index is -4.16. The number of nitrogens with one attached hydrogen (secondary N) is 1. The molecule has 3 nitrogen and oxygen atoms in total. The first-order valence-electron chi connectivity index (χ1n) is 4.67. The van der Waals surface area contributed by atoms with E-state index in [0.717, 1.165) is 0 Å². The fourth-order valence-electron chi connectivity index (χ4n) is 1.14. The van der Waals surface area contributed by atoms with E-state index in [0.29, 0.717) is 5.56 Å². The van der Waals surface area contributed by atoms with E-state index in [1.54, 1.807) is 0 Å². The van der Waals surface area contributed by atoms with Gasteiger partial charge in [0.15, 0.2) is 11.5 Å². The largest absolute Gasteiger partial charge is 0.504 e. The van der Waals surface area contributed by atoms with Gasteiger partial charge in [0.25, 0.3) is 0 Å². The average molecular weight is 235 g/mol. The van der Waals surface area contributed by atoms with Gasteiger partial charge in [0.1, 0.15) is 0 Å². The number of aromatic hydroxyl groups is 2. The molecule has 0 spiro atoms. The van der Waals surface area contributed by atoms with Gasteiger partial charge in [-0.3, -0.25) is 0 Å². The minimum absolute atomic E-state index is 0.175. The molecule has 0 saturated heterocycles. The molecule has 0 aliphatic carbocycles. The first kappa shape index (κ1) is 12.6. The molecule has 1 aromatic rings. The maximum Gasteiger partial charge on any atom is 0.390 e. The summed E-state index contributed by atoms with van der Waals surface area (Å²) in [5, 5.41) is 20.7. The number of rotatable bonds is 4. The van der Waals surface area contributed by atoms with Crippen molar-refractivity contribution in [3.8, 4) is 11.5 Å². The predicted octanol–water partition coefficient (Wildman–Crippen LogP) is 2.14. The maximum absolute atomic E-state index is 11.8. The van der Waals surface area contributed by atoms with Gasteiger partial charge in [0.2, 0.25) is 0 Å². The van der Waals surface area contributed by atoms with Crippen molar-refractivity contribution in [3.05, 3.63) is 23.8 Å². The normalized spacial score (nSPS) is 11.7. The molecule has 0 saturated carbocycles. The molecule has 0 bridgehead atoms. The van der Waals surface area contributed by atoms with Crippen LogP contribution in [-0.2, 0) is 6.54 Å². The van der Waals surface area contributed by atoms with Gasteiger partial charge in [-0.05, 0) is 17.7 Å². The van der Waals surface area contributed by atoms with Crippen LogP contribution in [-0.4, -0.2) is 22.9 Å². The summed E-state index contributed by atoms with van der Waals surface area (Å²) in [5.74, 6) is -0.533. The second kappa shape index (κ2) is 5.07. The molecule has 90 valence electrons. The second-order valence-electron chi connectivity index (χ2n) is 3.37. The summed E-state index contributed by atoms with van der Waals surface area (Å²) in [6, 6.07) is 4.11. The molecule has 0 heterocycles. The van der Waals surface area contributed by atoms with E-state index in [1.807, 2.05) is 0 Å². The summed E-state index contributed by atoms with van der Waals surface area (Å²) in [5.41, 5.74) is 0.609. The van der Waals surface area contributed by atoms with Crippen molar-refractivity contribution in [1.82, 2.24) is 5.32 Å². The quantitative estimate of drug-likeness (QED) is 0.553. The van der Waals surface area contributed by atoms with Crippen LogP contribution in [0.4, 0.5) is 13.2 Å². The Labute approximate surface area is 90.5 Å². The van der Waals surface area contributed by atoms with Gasteiger partial charge in [-0.15, -0.1) is 0 Å². The van der Waals surface area contributed by atoms with Crippen LogP contribution < -0.4 is 5.32 Å². The zero-order valence-corrected chi connectivity index (χ0v) is 8.38. The third-order valence-corrected chi connectivity index (χ3v) is 1.95. The molecule has 0 aliphatic rings. The highest BCUT2D eigenvalue weighted by Crippen LogP contribution is 2.24. The Bertz CT molecular complexity index is 352. The second-order valence-corrected chi connectivity index (χ2v) is 3.37. The molecule has 0 radical (unpaired) electrons. The van der Waals surface area contributed by atoms with Gasteiger partial charge in [-0.1, -0.05) is 6.07 Å². The van der Waals surface area contributed by atoms with Crippen molar-refractivity contribution in [3.63, 3.8) is 0 Å². The van der Waals surface area contributed by atoms with Crippen LogP contribution in [0.15, 0.2) is 18.2 Å². The van der Waals surface area contributed by atoms with E-state index in [1.165, 1.54) is 18.2 Å². The van der Waals surface area contributed by atoms with E-state index in [-0.39, 0.29) is 24.6 Å². The molecule has 0 unspecified atom stereocenters. The molecule has 16 heavy (non-hydrogen) atoms. The smallest absolute Gasteiger partial charge is 0.390 e. The van der Waals surface area contributed by atoms with Gasteiger partial charge in [0, 0.05) is 13.1 Å². The fraction of sp³-hybridized carbons (Fsp3) is 0.400. The van der Waals surface area contributed by atoms with Crippen molar-refractivity contribution >= 4 is 0 Å². The van der Waals surface area contributed by atoms with E-state index in [9.17, 15) is 13.2 Å².